The highest BCUT2D eigenvalue weighted by Gasteiger charge is 2.47. The number of carbonyl (C=O) groups is 2. The Labute approximate surface area is 293 Å². The molecule has 3 atom stereocenters. The van der Waals surface area contributed by atoms with Crippen molar-refractivity contribution in [1.82, 2.24) is 4.90 Å². The number of cyclic esters (lactones) is 1. The van der Waals surface area contributed by atoms with E-state index >= 15 is 0 Å². The number of ether oxygens (including phenoxy) is 2. The van der Waals surface area contributed by atoms with Crippen LogP contribution in [0.1, 0.15) is 79.9 Å². The Bertz CT molecular complexity index is 1820. The highest BCUT2D eigenvalue weighted by atomic mass is 19.4. The van der Waals surface area contributed by atoms with Crippen LogP contribution in [-0.2, 0) is 21.9 Å². The highest BCUT2D eigenvalue weighted by Crippen LogP contribution is 2.47. The topological polar surface area (TPSA) is 67.9 Å². The number of anilines is 1. The smallest absolute Gasteiger partial charge is 0.416 e. The summed E-state index contributed by atoms with van der Waals surface area (Å²) in [5.41, 5.74) is -2.30. The lowest BCUT2D eigenvalue weighted by atomic mass is 9.72. The number of nitrogens with zero attached hydrogens (tertiary/aromatic N) is 1. The van der Waals surface area contributed by atoms with Crippen LogP contribution in [0.15, 0.2) is 72.3 Å². The summed E-state index contributed by atoms with van der Waals surface area (Å²) in [6, 6.07) is 11.1. The van der Waals surface area contributed by atoms with Gasteiger partial charge in [0.1, 0.15) is 11.9 Å². The second-order valence-corrected chi connectivity index (χ2v) is 13.7. The number of methoxy groups -OCH3 is 1. The molecule has 1 N–H and O–H groups in total. The molecule has 2 amide bonds. The van der Waals surface area contributed by atoms with Gasteiger partial charge >= 0.3 is 24.6 Å². The zero-order valence-electron chi connectivity index (χ0n) is 28.4. The molecule has 2 aliphatic rings. The first-order chi connectivity index (χ1) is 24.1. The molecule has 0 spiro atoms. The fraction of sp³-hybridized carbons (Fsp3) is 0.405. The molecule has 1 aliphatic heterocycles. The Morgan fingerprint density at radius 2 is 1.56 bits per heavy atom. The van der Waals surface area contributed by atoms with E-state index in [1.807, 2.05) is 13.8 Å². The van der Waals surface area contributed by atoms with Crippen molar-refractivity contribution in [3.63, 3.8) is 0 Å². The van der Waals surface area contributed by atoms with Gasteiger partial charge in [-0.25, -0.2) is 4.79 Å². The zero-order chi connectivity index (χ0) is 38.4. The van der Waals surface area contributed by atoms with Crippen LogP contribution in [0.3, 0.4) is 0 Å². The monoisotopic (exact) mass is 742 g/mol. The number of alkyl halides is 9. The van der Waals surface area contributed by atoms with Crippen molar-refractivity contribution in [1.29, 1.82) is 0 Å². The van der Waals surface area contributed by atoms with E-state index in [1.165, 1.54) is 67.5 Å². The van der Waals surface area contributed by atoms with Crippen LogP contribution < -0.4 is 10.1 Å². The molecule has 1 fully saturated rings. The van der Waals surface area contributed by atoms with Gasteiger partial charge in [0.15, 0.2) is 5.92 Å². The molecule has 0 bridgehead atoms. The Morgan fingerprint density at radius 3 is 2.12 bits per heavy atom. The van der Waals surface area contributed by atoms with E-state index in [-0.39, 0.29) is 29.3 Å². The minimum absolute atomic E-state index is 0.00121. The normalized spacial score (nSPS) is 20.1. The zero-order valence-corrected chi connectivity index (χ0v) is 28.4. The first-order valence-electron chi connectivity index (χ1n) is 16.2. The number of benzene rings is 3. The Kier molecular flexibility index (Phi) is 10.4. The third-order valence-corrected chi connectivity index (χ3v) is 9.38. The molecule has 0 saturated carbocycles. The lowest BCUT2D eigenvalue weighted by Gasteiger charge is -2.36. The molecule has 15 heteroatoms. The van der Waals surface area contributed by atoms with Gasteiger partial charge in [-0.15, -0.1) is 0 Å². The van der Waals surface area contributed by atoms with Gasteiger partial charge in [-0.2, -0.15) is 39.5 Å². The maximum Gasteiger partial charge on any atom is 0.416 e. The van der Waals surface area contributed by atoms with Crippen molar-refractivity contribution in [3.05, 3.63) is 100 Å². The standard InChI is InChI=1S/C37H35F9N2O4/c1-20-31(22-14-24(35(38,39)40)16-25(15-22)36(41,42)43)52-33(50)48(20)19-23-18-34(2,3)13-12-27(23)28-17-26(10-11-29(28)51-4)47-32(49)30(37(44,45)46)21-8-6-5-7-9-21/h5-11,14-17,20,30-31H,12-13,18-19H2,1-4H3,(H,47,49)/t20-,30-,31-/m0/s1. The number of nitrogens with one attached hydrogen (secondary N) is 1. The van der Waals surface area contributed by atoms with Gasteiger partial charge in [-0.05, 0) is 90.3 Å². The number of rotatable bonds is 8. The van der Waals surface area contributed by atoms with Crippen LogP contribution in [-0.4, -0.2) is 42.8 Å². The molecule has 1 saturated heterocycles. The minimum atomic E-state index is -5.10. The average molecular weight is 743 g/mol. The van der Waals surface area contributed by atoms with Crippen LogP contribution in [0.25, 0.3) is 5.57 Å². The fourth-order valence-electron chi connectivity index (χ4n) is 6.77. The maximum atomic E-state index is 14.1. The van der Waals surface area contributed by atoms with E-state index in [4.69, 9.17) is 9.47 Å². The molecule has 0 radical (unpaired) electrons. The van der Waals surface area contributed by atoms with E-state index in [0.29, 0.717) is 53.9 Å². The van der Waals surface area contributed by atoms with Crippen LogP contribution in [0, 0.1) is 5.41 Å². The fourth-order valence-corrected chi connectivity index (χ4v) is 6.77. The largest absolute Gasteiger partial charge is 0.496 e. The molecule has 3 aromatic carbocycles. The molecule has 3 aromatic rings. The average Bonchev–Trinajstić information content (AvgIpc) is 3.32. The quantitative estimate of drug-likeness (QED) is 0.233. The third kappa shape index (κ3) is 8.34. The molecule has 1 aliphatic carbocycles. The Balaban J connectivity index is 1.50. The lowest BCUT2D eigenvalue weighted by molar-refractivity contribution is -0.161. The number of allylic oxidation sites excluding steroid dienone is 1. The molecule has 1 heterocycles. The third-order valence-electron chi connectivity index (χ3n) is 9.38. The summed E-state index contributed by atoms with van der Waals surface area (Å²) in [7, 11) is 1.38. The van der Waals surface area contributed by atoms with Gasteiger partial charge in [-0.3, -0.25) is 9.69 Å². The number of carbonyl (C=O) groups excluding carboxylic acids is 2. The molecule has 52 heavy (non-hydrogen) atoms. The van der Waals surface area contributed by atoms with E-state index in [2.05, 4.69) is 5.32 Å². The Morgan fingerprint density at radius 1 is 0.942 bits per heavy atom. The number of amides is 2. The van der Waals surface area contributed by atoms with Crippen LogP contribution in [0.5, 0.6) is 5.75 Å². The summed E-state index contributed by atoms with van der Waals surface area (Å²) in [5, 5.41) is 2.37. The second kappa shape index (κ2) is 14.0. The lowest BCUT2D eigenvalue weighted by Crippen LogP contribution is -2.35. The van der Waals surface area contributed by atoms with Crippen molar-refractivity contribution in [2.24, 2.45) is 5.41 Å². The predicted molar refractivity (Wildman–Crippen MR) is 173 cm³/mol. The summed E-state index contributed by atoms with van der Waals surface area (Å²) >= 11 is 0. The summed E-state index contributed by atoms with van der Waals surface area (Å²) in [6.45, 7) is 5.30. The number of halogens is 9. The van der Waals surface area contributed by atoms with Crippen LogP contribution >= 0.6 is 0 Å². The van der Waals surface area contributed by atoms with Crippen molar-refractivity contribution < 1.29 is 58.6 Å². The minimum Gasteiger partial charge on any atom is -0.496 e. The molecular formula is C37H35F9N2O4. The summed E-state index contributed by atoms with van der Waals surface area (Å²) < 4.78 is 135. The first-order valence-corrected chi connectivity index (χ1v) is 16.2. The highest BCUT2D eigenvalue weighted by molar-refractivity contribution is 5.97. The van der Waals surface area contributed by atoms with Gasteiger partial charge < -0.3 is 14.8 Å². The molecule has 6 nitrogen and oxygen atoms in total. The summed E-state index contributed by atoms with van der Waals surface area (Å²) in [5.74, 6) is -3.44. The van der Waals surface area contributed by atoms with E-state index < -0.39 is 65.3 Å². The van der Waals surface area contributed by atoms with Gasteiger partial charge in [0.05, 0.1) is 24.3 Å². The molecular weight excluding hydrogens is 707 g/mol. The van der Waals surface area contributed by atoms with Crippen LogP contribution in [0.2, 0.25) is 0 Å². The Hall–Kier alpha value is -4.69. The molecule has 0 aromatic heterocycles. The van der Waals surface area contributed by atoms with Gasteiger partial charge in [0.25, 0.3) is 0 Å². The molecule has 5 rings (SSSR count). The van der Waals surface area contributed by atoms with Gasteiger partial charge in [-0.1, -0.05) is 44.2 Å². The van der Waals surface area contributed by atoms with Crippen molar-refractivity contribution in [2.75, 3.05) is 19.0 Å². The van der Waals surface area contributed by atoms with Gasteiger partial charge in [0.2, 0.25) is 5.91 Å². The number of hydrogen-bond donors (Lipinski definition) is 1. The SMILES string of the molecule is COc1ccc(NC(=O)[C@H](c2ccccc2)C(F)(F)F)cc1C1=C(CN2C(=O)O[C@H](c3cc(C(F)(F)F)cc(C(F)(F)F)c3)[C@@H]2C)CC(C)(C)CC1. The molecule has 280 valence electrons. The van der Waals surface area contributed by atoms with Crippen molar-refractivity contribution in [2.45, 2.75) is 76.6 Å². The maximum absolute atomic E-state index is 14.1. The van der Waals surface area contributed by atoms with Crippen molar-refractivity contribution in [3.8, 4) is 5.75 Å². The second-order valence-electron chi connectivity index (χ2n) is 13.7. The molecule has 0 unspecified atom stereocenters. The van der Waals surface area contributed by atoms with E-state index in [1.54, 1.807) is 0 Å². The van der Waals surface area contributed by atoms with E-state index in [0.717, 1.165) is 0 Å². The summed E-state index contributed by atoms with van der Waals surface area (Å²) in [4.78, 5) is 27.6. The first kappa shape index (κ1) is 38.5. The van der Waals surface area contributed by atoms with Crippen LogP contribution in [0.4, 0.5) is 50.0 Å². The number of hydrogen-bond acceptors (Lipinski definition) is 4. The predicted octanol–water partition coefficient (Wildman–Crippen LogP) is 10.6. The van der Waals surface area contributed by atoms with Gasteiger partial charge in [0, 0.05) is 17.8 Å². The van der Waals surface area contributed by atoms with E-state index in [9.17, 15) is 49.1 Å². The summed E-state index contributed by atoms with van der Waals surface area (Å²) in [6.07, 6.45) is -16.1. The van der Waals surface area contributed by atoms with Crippen molar-refractivity contribution >= 4 is 23.3 Å².